The molecule has 0 atom stereocenters. The molecule has 0 amide bonds. The van der Waals surface area contributed by atoms with Crippen LogP contribution in [-0.4, -0.2) is 12.6 Å². The summed E-state index contributed by atoms with van der Waals surface area (Å²) in [5.74, 6) is 0. The van der Waals surface area contributed by atoms with Gasteiger partial charge in [0.15, 0.2) is 0 Å². The summed E-state index contributed by atoms with van der Waals surface area (Å²) < 4.78 is 0. The van der Waals surface area contributed by atoms with E-state index in [0.717, 1.165) is 12.0 Å². The van der Waals surface area contributed by atoms with Crippen LogP contribution in [0.4, 0.5) is 0 Å². The Labute approximate surface area is 48.9 Å². The van der Waals surface area contributed by atoms with Crippen molar-refractivity contribution >= 4 is 6.08 Å². The molecule has 44 valence electrons. The zero-order valence-corrected chi connectivity index (χ0v) is 4.98. The fourth-order valence-corrected chi connectivity index (χ4v) is 0.292. The van der Waals surface area contributed by atoms with E-state index < -0.39 is 0 Å². The highest BCUT2D eigenvalue weighted by Crippen LogP contribution is 1.92. The minimum absolute atomic E-state index is 0.527. The van der Waals surface area contributed by atoms with Gasteiger partial charge < -0.3 is 0 Å². The van der Waals surface area contributed by atoms with E-state index in [2.05, 4.69) is 11.6 Å². The first-order valence-corrected chi connectivity index (χ1v) is 2.45. The van der Waals surface area contributed by atoms with E-state index in [-0.39, 0.29) is 0 Å². The Morgan fingerprint density at radius 3 is 2.88 bits per heavy atom. The van der Waals surface area contributed by atoms with Gasteiger partial charge in [-0.1, -0.05) is 5.57 Å². The summed E-state index contributed by atoms with van der Waals surface area (Å²) >= 11 is 0. The Kier molecular flexibility index (Phi) is 3.81. The van der Waals surface area contributed by atoms with Crippen LogP contribution >= 0.6 is 0 Å². The van der Waals surface area contributed by atoms with E-state index in [1.165, 1.54) is 6.08 Å². The summed E-state index contributed by atoms with van der Waals surface area (Å²) in [4.78, 5) is 12.8. The molecule has 0 aromatic rings. The largest absolute Gasteiger partial charge is 0.234 e. The molecule has 0 N–H and O–H groups in total. The molecule has 2 nitrogen and oxygen atoms in total. The molecule has 2 heteroatoms. The predicted molar refractivity (Wildman–Crippen MR) is 32.4 cm³/mol. The number of carbonyl (C=O) groups excluding carboxylic acids is 1. The number of hydrogen-bond donors (Lipinski definition) is 0. The number of nitrogens with zero attached hydrogens (tertiary/aromatic N) is 1. The Morgan fingerprint density at radius 1 is 1.88 bits per heavy atom. The van der Waals surface area contributed by atoms with Crippen LogP contribution in [0.25, 0.3) is 0 Å². The normalized spacial score (nSPS) is 7.62. The summed E-state index contributed by atoms with van der Waals surface area (Å²) in [5, 5.41) is 0. The van der Waals surface area contributed by atoms with Gasteiger partial charge in [-0.2, -0.15) is 0 Å². The van der Waals surface area contributed by atoms with Crippen molar-refractivity contribution in [3.8, 4) is 0 Å². The fourth-order valence-electron chi connectivity index (χ4n) is 0.292. The second-order valence-corrected chi connectivity index (χ2v) is 1.68. The maximum Gasteiger partial charge on any atom is 0.234 e. The molecule has 0 aromatic heterocycles. The zero-order valence-electron chi connectivity index (χ0n) is 4.98. The van der Waals surface area contributed by atoms with Crippen molar-refractivity contribution in [3.05, 3.63) is 12.2 Å². The maximum atomic E-state index is 9.47. The molecule has 0 rings (SSSR count). The van der Waals surface area contributed by atoms with Crippen molar-refractivity contribution < 1.29 is 4.79 Å². The topological polar surface area (TPSA) is 29.4 Å². The Bertz CT molecular complexity index is 120. The lowest BCUT2D eigenvalue weighted by atomic mass is 10.2. The predicted octanol–water partition coefficient (Wildman–Crippen LogP) is 1.29. The smallest absolute Gasteiger partial charge is 0.211 e. The average Bonchev–Trinajstić information content (AvgIpc) is 1.66. The average molecular weight is 111 g/mol. The summed E-state index contributed by atoms with van der Waals surface area (Å²) in [6.45, 7) is 6.07. The zero-order chi connectivity index (χ0) is 6.41. The van der Waals surface area contributed by atoms with Crippen molar-refractivity contribution in [2.24, 2.45) is 4.99 Å². The highest BCUT2D eigenvalue weighted by molar-refractivity contribution is 5.32. The van der Waals surface area contributed by atoms with Crippen LogP contribution < -0.4 is 0 Å². The molecule has 0 aliphatic rings. The minimum atomic E-state index is 0.527. The summed E-state index contributed by atoms with van der Waals surface area (Å²) in [6.07, 6.45) is 2.24. The van der Waals surface area contributed by atoms with Crippen LogP contribution in [0.5, 0.6) is 0 Å². The molecule has 0 aliphatic carbocycles. The highest BCUT2D eigenvalue weighted by Gasteiger charge is 1.80. The van der Waals surface area contributed by atoms with Crippen LogP contribution in [0, 0.1) is 0 Å². The third-order valence-electron chi connectivity index (χ3n) is 0.715. The number of isocyanates is 1. The molecule has 0 aromatic carbocycles. The molecular formula is C6H9NO. The van der Waals surface area contributed by atoms with Crippen molar-refractivity contribution in [2.75, 3.05) is 6.54 Å². The number of rotatable bonds is 3. The van der Waals surface area contributed by atoms with Gasteiger partial charge in [0.05, 0.1) is 6.54 Å². The van der Waals surface area contributed by atoms with Gasteiger partial charge in [0, 0.05) is 0 Å². The first kappa shape index (κ1) is 7.12. The fraction of sp³-hybridized carbons (Fsp3) is 0.500. The van der Waals surface area contributed by atoms with Gasteiger partial charge in [-0.15, -0.1) is 6.58 Å². The van der Waals surface area contributed by atoms with Crippen molar-refractivity contribution in [3.63, 3.8) is 0 Å². The summed E-state index contributed by atoms with van der Waals surface area (Å²) in [6, 6.07) is 0. The van der Waals surface area contributed by atoms with Crippen LogP contribution in [0.3, 0.4) is 0 Å². The monoisotopic (exact) mass is 111 g/mol. The Balaban J connectivity index is 3.18. The maximum absolute atomic E-state index is 9.47. The van der Waals surface area contributed by atoms with E-state index in [1.807, 2.05) is 6.92 Å². The summed E-state index contributed by atoms with van der Waals surface area (Å²) in [7, 11) is 0. The van der Waals surface area contributed by atoms with Crippen molar-refractivity contribution in [2.45, 2.75) is 13.3 Å². The van der Waals surface area contributed by atoms with E-state index in [1.54, 1.807) is 0 Å². The molecular weight excluding hydrogens is 102 g/mol. The molecule has 0 aliphatic heterocycles. The molecule has 0 saturated carbocycles. The second kappa shape index (κ2) is 4.28. The van der Waals surface area contributed by atoms with Crippen molar-refractivity contribution in [1.82, 2.24) is 0 Å². The molecule has 0 unspecified atom stereocenters. The second-order valence-electron chi connectivity index (χ2n) is 1.68. The lowest BCUT2D eigenvalue weighted by Crippen LogP contribution is -1.78. The van der Waals surface area contributed by atoms with Gasteiger partial charge in [0.1, 0.15) is 0 Å². The van der Waals surface area contributed by atoms with Crippen LogP contribution in [-0.2, 0) is 4.79 Å². The van der Waals surface area contributed by atoms with Crippen LogP contribution in [0.1, 0.15) is 13.3 Å². The van der Waals surface area contributed by atoms with Gasteiger partial charge >= 0.3 is 0 Å². The summed E-state index contributed by atoms with van der Waals surface area (Å²) in [5.41, 5.74) is 1.05. The van der Waals surface area contributed by atoms with Gasteiger partial charge in [-0.3, -0.25) is 0 Å². The lowest BCUT2D eigenvalue weighted by Gasteiger charge is -1.87. The number of aliphatic imine (C=N–C) groups is 1. The lowest BCUT2D eigenvalue weighted by molar-refractivity contribution is 0.563. The van der Waals surface area contributed by atoms with E-state index in [4.69, 9.17) is 0 Å². The molecule has 0 fully saturated rings. The standard InChI is InChI=1S/C6H9NO/c1-6(2)3-4-7-5-8/h1,3-4H2,2H3. The van der Waals surface area contributed by atoms with Crippen LogP contribution in [0.2, 0.25) is 0 Å². The van der Waals surface area contributed by atoms with Gasteiger partial charge in [-0.25, -0.2) is 9.79 Å². The van der Waals surface area contributed by atoms with Crippen molar-refractivity contribution in [1.29, 1.82) is 0 Å². The molecule has 0 radical (unpaired) electrons. The number of hydrogen-bond acceptors (Lipinski definition) is 2. The molecule has 0 spiro atoms. The SMILES string of the molecule is C=C(C)CCN=C=O. The Morgan fingerprint density at radius 2 is 2.50 bits per heavy atom. The van der Waals surface area contributed by atoms with Gasteiger partial charge in [0.2, 0.25) is 6.08 Å². The van der Waals surface area contributed by atoms with E-state index in [9.17, 15) is 4.79 Å². The third kappa shape index (κ3) is 5.12. The molecule has 0 heterocycles. The quantitative estimate of drug-likeness (QED) is 0.306. The molecule has 0 saturated heterocycles. The van der Waals surface area contributed by atoms with E-state index >= 15 is 0 Å². The molecule has 0 bridgehead atoms. The highest BCUT2D eigenvalue weighted by atomic mass is 16.1. The third-order valence-corrected chi connectivity index (χ3v) is 0.715. The molecule has 8 heavy (non-hydrogen) atoms. The van der Waals surface area contributed by atoms with Gasteiger partial charge in [-0.05, 0) is 13.3 Å². The first-order valence-electron chi connectivity index (χ1n) is 2.45. The van der Waals surface area contributed by atoms with Crippen LogP contribution in [0.15, 0.2) is 17.1 Å². The Hall–Kier alpha value is -0.880. The first-order chi connectivity index (χ1) is 3.77. The minimum Gasteiger partial charge on any atom is -0.211 e. The van der Waals surface area contributed by atoms with Gasteiger partial charge in [0.25, 0.3) is 0 Å². The van der Waals surface area contributed by atoms with E-state index in [0.29, 0.717) is 6.54 Å².